The third kappa shape index (κ3) is 3.02. The average molecular weight is 265 g/mol. The summed E-state index contributed by atoms with van der Waals surface area (Å²) in [7, 11) is 0. The van der Waals surface area contributed by atoms with Gasteiger partial charge >= 0.3 is 0 Å². The van der Waals surface area contributed by atoms with Gasteiger partial charge in [0.05, 0.1) is 37.9 Å². The first kappa shape index (κ1) is 12.8. The number of fused-ring (bicyclic) bond motifs is 1. The first-order chi connectivity index (χ1) is 9.33. The summed E-state index contributed by atoms with van der Waals surface area (Å²) < 4.78 is 11.0. The Morgan fingerprint density at radius 3 is 3.26 bits per heavy atom. The van der Waals surface area contributed by atoms with Gasteiger partial charge in [0.25, 0.3) is 5.56 Å². The highest BCUT2D eigenvalue weighted by atomic mass is 16.6. The molecule has 6 heteroatoms. The normalized spacial score (nSPS) is 24.1. The van der Waals surface area contributed by atoms with E-state index >= 15 is 0 Å². The molecular formula is C13H19N3O3. The monoisotopic (exact) mass is 265 g/mol. The van der Waals surface area contributed by atoms with Crippen LogP contribution in [0.15, 0.2) is 11.1 Å². The quantitative estimate of drug-likeness (QED) is 0.829. The molecule has 0 aromatic carbocycles. The second kappa shape index (κ2) is 5.81. The molecular weight excluding hydrogens is 246 g/mol. The molecule has 3 heterocycles. The van der Waals surface area contributed by atoms with E-state index in [4.69, 9.17) is 9.47 Å². The molecule has 1 aromatic heterocycles. The van der Waals surface area contributed by atoms with E-state index in [9.17, 15) is 4.79 Å². The van der Waals surface area contributed by atoms with E-state index in [1.165, 1.54) is 6.33 Å². The Labute approximate surface area is 111 Å². The fourth-order valence-corrected chi connectivity index (χ4v) is 2.64. The van der Waals surface area contributed by atoms with Gasteiger partial charge in [0.15, 0.2) is 0 Å². The van der Waals surface area contributed by atoms with Crippen LogP contribution in [-0.4, -0.2) is 53.9 Å². The summed E-state index contributed by atoms with van der Waals surface area (Å²) in [6, 6.07) is 0. The van der Waals surface area contributed by atoms with Crippen molar-refractivity contribution in [2.45, 2.75) is 25.5 Å². The Morgan fingerprint density at radius 2 is 2.42 bits per heavy atom. The molecule has 1 aromatic rings. The van der Waals surface area contributed by atoms with Crippen molar-refractivity contribution in [3.05, 3.63) is 27.9 Å². The molecule has 6 nitrogen and oxygen atoms in total. The summed E-state index contributed by atoms with van der Waals surface area (Å²) >= 11 is 0. The van der Waals surface area contributed by atoms with Gasteiger partial charge in [-0.1, -0.05) is 0 Å². The van der Waals surface area contributed by atoms with E-state index in [2.05, 4.69) is 14.9 Å². The van der Waals surface area contributed by atoms with Crippen LogP contribution in [0.4, 0.5) is 0 Å². The molecule has 1 atom stereocenters. The maximum absolute atomic E-state index is 11.6. The number of hydrogen-bond donors (Lipinski definition) is 1. The van der Waals surface area contributed by atoms with Gasteiger partial charge < -0.3 is 14.5 Å². The highest BCUT2D eigenvalue weighted by molar-refractivity contribution is 5.19. The molecule has 0 spiro atoms. The van der Waals surface area contributed by atoms with Gasteiger partial charge in [0.2, 0.25) is 0 Å². The highest BCUT2D eigenvalue weighted by Crippen LogP contribution is 2.14. The van der Waals surface area contributed by atoms with Crippen molar-refractivity contribution in [3.8, 4) is 0 Å². The number of aromatic amines is 1. The molecule has 19 heavy (non-hydrogen) atoms. The van der Waals surface area contributed by atoms with Crippen molar-refractivity contribution >= 4 is 0 Å². The molecule has 0 saturated carbocycles. The van der Waals surface area contributed by atoms with Crippen LogP contribution in [0.2, 0.25) is 0 Å². The lowest BCUT2D eigenvalue weighted by Gasteiger charge is -2.29. The minimum atomic E-state index is 0.00802. The minimum absolute atomic E-state index is 0.00802. The van der Waals surface area contributed by atoms with E-state index in [0.717, 1.165) is 43.7 Å². The van der Waals surface area contributed by atoms with Gasteiger partial charge in [0, 0.05) is 25.2 Å². The second-order valence-electron chi connectivity index (χ2n) is 5.04. The molecule has 1 N–H and O–H groups in total. The van der Waals surface area contributed by atoms with E-state index in [-0.39, 0.29) is 11.7 Å². The Kier molecular flexibility index (Phi) is 3.91. The van der Waals surface area contributed by atoms with Crippen LogP contribution in [0, 0.1) is 0 Å². The fraction of sp³-hybridized carbons (Fsp3) is 0.692. The third-order valence-electron chi connectivity index (χ3n) is 3.74. The Bertz CT molecular complexity index is 482. The number of rotatable bonds is 3. The number of aromatic nitrogens is 2. The van der Waals surface area contributed by atoms with Gasteiger partial charge in [-0.15, -0.1) is 0 Å². The zero-order chi connectivity index (χ0) is 13.1. The molecule has 0 aliphatic carbocycles. The zero-order valence-electron chi connectivity index (χ0n) is 10.9. The molecule has 3 rings (SSSR count). The maximum atomic E-state index is 11.6. The van der Waals surface area contributed by atoms with E-state index < -0.39 is 0 Å². The minimum Gasteiger partial charge on any atom is -0.376 e. The van der Waals surface area contributed by atoms with Crippen LogP contribution in [-0.2, 0) is 22.4 Å². The van der Waals surface area contributed by atoms with E-state index in [1.54, 1.807) is 0 Å². The number of H-pyrrole nitrogens is 1. The maximum Gasteiger partial charge on any atom is 0.254 e. The van der Waals surface area contributed by atoms with Crippen LogP contribution in [0.1, 0.15) is 17.7 Å². The van der Waals surface area contributed by atoms with Crippen molar-refractivity contribution in [3.63, 3.8) is 0 Å². The SMILES string of the molecule is O=c1[nH]cnc2c1CCN(CCC1COCCO1)C2. The summed E-state index contributed by atoms with van der Waals surface area (Å²) in [5.74, 6) is 0. The summed E-state index contributed by atoms with van der Waals surface area (Å²) in [6.45, 7) is 4.73. The second-order valence-corrected chi connectivity index (χ2v) is 5.04. The predicted molar refractivity (Wildman–Crippen MR) is 69.0 cm³/mol. The van der Waals surface area contributed by atoms with Crippen molar-refractivity contribution in [1.29, 1.82) is 0 Å². The summed E-state index contributed by atoms with van der Waals surface area (Å²) in [5, 5.41) is 0. The number of nitrogens with one attached hydrogen (secondary N) is 1. The smallest absolute Gasteiger partial charge is 0.254 e. The summed E-state index contributed by atoms with van der Waals surface area (Å²) in [6.07, 6.45) is 3.45. The van der Waals surface area contributed by atoms with Crippen molar-refractivity contribution < 1.29 is 9.47 Å². The first-order valence-electron chi connectivity index (χ1n) is 6.80. The third-order valence-corrected chi connectivity index (χ3v) is 3.74. The number of ether oxygens (including phenoxy) is 2. The van der Waals surface area contributed by atoms with Crippen LogP contribution in [0.25, 0.3) is 0 Å². The Morgan fingerprint density at radius 1 is 1.47 bits per heavy atom. The van der Waals surface area contributed by atoms with Crippen molar-refractivity contribution in [1.82, 2.24) is 14.9 Å². The van der Waals surface area contributed by atoms with Crippen molar-refractivity contribution in [2.75, 3.05) is 32.9 Å². The molecule has 0 bridgehead atoms. The van der Waals surface area contributed by atoms with E-state index in [0.29, 0.717) is 19.8 Å². The predicted octanol–water partition coefficient (Wildman–Crippen LogP) is -0.0665. The molecule has 0 amide bonds. The fourth-order valence-electron chi connectivity index (χ4n) is 2.64. The van der Waals surface area contributed by atoms with Gasteiger partial charge in [-0.25, -0.2) is 4.98 Å². The van der Waals surface area contributed by atoms with Gasteiger partial charge in [-0.3, -0.25) is 9.69 Å². The van der Waals surface area contributed by atoms with Crippen LogP contribution < -0.4 is 5.56 Å². The van der Waals surface area contributed by atoms with E-state index in [1.807, 2.05) is 0 Å². The summed E-state index contributed by atoms with van der Waals surface area (Å²) in [4.78, 5) is 20.9. The van der Waals surface area contributed by atoms with Crippen LogP contribution in [0.3, 0.4) is 0 Å². The van der Waals surface area contributed by atoms with Gasteiger partial charge in [0.1, 0.15) is 0 Å². The summed E-state index contributed by atoms with van der Waals surface area (Å²) in [5.41, 5.74) is 1.76. The largest absolute Gasteiger partial charge is 0.376 e. The molecule has 2 aliphatic heterocycles. The molecule has 104 valence electrons. The lowest BCUT2D eigenvalue weighted by Crippen LogP contribution is -2.38. The first-order valence-corrected chi connectivity index (χ1v) is 6.80. The molecule has 1 saturated heterocycles. The van der Waals surface area contributed by atoms with Gasteiger partial charge in [-0.05, 0) is 12.8 Å². The standard InChI is InChI=1S/C13H19N3O3/c17-13-11-2-4-16(7-12(11)14-9-15-13)3-1-10-8-18-5-6-19-10/h9-10H,1-8H2,(H,14,15,17). The van der Waals surface area contributed by atoms with Gasteiger partial charge in [-0.2, -0.15) is 0 Å². The molecule has 1 unspecified atom stereocenters. The lowest BCUT2D eigenvalue weighted by atomic mass is 10.1. The number of nitrogens with zero attached hydrogens (tertiary/aromatic N) is 2. The molecule has 1 fully saturated rings. The van der Waals surface area contributed by atoms with Crippen molar-refractivity contribution in [2.24, 2.45) is 0 Å². The Hall–Kier alpha value is -1.24. The Balaban J connectivity index is 1.55. The molecule has 0 radical (unpaired) electrons. The molecule has 2 aliphatic rings. The highest BCUT2D eigenvalue weighted by Gasteiger charge is 2.21. The average Bonchev–Trinajstić information content (AvgIpc) is 2.46. The zero-order valence-corrected chi connectivity index (χ0v) is 10.9. The van der Waals surface area contributed by atoms with Crippen LogP contribution >= 0.6 is 0 Å². The lowest BCUT2D eigenvalue weighted by molar-refractivity contribution is -0.0929. The van der Waals surface area contributed by atoms with Crippen LogP contribution in [0.5, 0.6) is 0 Å². The topological polar surface area (TPSA) is 67.5 Å². The number of hydrogen-bond acceptors (Lipinski definition) is 5.